The van der Waals surface area contributed by atoms with Crippen molar-refractivity contribution >= 4 is 23.6 Å². The second-order valence-corrected chi connectivity index (χ2v) is 14.4. The van der Waals surface area contributed by atoms with Gasteiger partial charge >= 0.3 is 0 Å². The van der Waals surface area contributed by atoms with Crippen molar-refractivity contribution in [2.24, 2.45) is 0 Å². The minimum atomic E-state index is -1.16. The number of imide groups is 2. The summed E-state index contributed by atoms with van der Waals surface area (Å²) in [6, 6.07) is 35.7. The molecule has 270 valence electrons. The van der Waals surface area contributed by atoms with Crippen molar-refractivity contribution in [1.29, 1.82) is 0 Å². The maximum absolute atomic E-state index is 14.2. The molecular formula is C42H46N4O6. The van der Waals surface area contributed by atoms with E-state index in [1.54, 1.807) is 76.2 Å². The molecule has 4 aromatic rings. The number of ether oxygens (including phenoxy) is 2. The lowest BCUT2D eigenvalue weighted by molar-refractivity contribution is -0.136. The van der Waals surface area contributed by atoms with Crippen LogP contribution in [-0.2, 0) is 32.2 Å². The number of nitrogens with one attached hydrogen (secondary N) is 2. The molecule has 10 nitrogen and oxygen atoms in total. The van der Waals surface area contributed by atoms with Crippen LogP contribution in [0.2, 0.25) is 0 Å². The zero-order valence-corrected chi connectivity index (χ0v) is 30.0. The second-order valence-electron chi connectivity index (χ2n) is 14.4. The molecule has 10 heteroatoms. The van der Waals surface area contributed by atoms with Crippen LogP contribution in [-0.4, -0.2) is 82.0 Å². The van der Waals surface area contributed by atoms with Gasteiger partial charge in [-0.25, -0.2) is 0 Å². The first-order chi connectivity index (χ1) is 24.9. The van der Waals surface area contributed by atoms with Gasteiger partial charge < -0.3 is 9.47 Å². The maximum Gasteiger partial charge on any atom is 0.260 e. The summed E-state index contributed by atoms with van der Waals surface area (Å²) in [7, 11) is 0. The molecule has 0 radical (unpaired) electrons. The number of fused-ring (bicyclic) bond motifs is 1. The number of carbonyl (C=O) groups excluding carboxylic acids is 4. The summed E-state index contributed by atoms with van der Waals surface area (Å²) in [5.74, 6) is -1.53. The highest BCUT2D eigenvalue weighted by molar-refractivity contribution is 6.08. The Morgan fingerprint density at radius 1 is 0.538 bits per heavy atom. The molecule has 0 saturated carbocycles. The van der Waals surface area contributed by atoms with Gasteiger partial charge in [-0.2, -0.15) is 0 Å². The van der Waals surface area contributed by atoms with Crippen LogP contribution in [0.1, 0.15) is 59.5 Å². The summed E-state index contributed by atoms with van der Waals surface area (Å²) in [6.45, 7) is 7.80. The maximum atomic E-state index is 14.2. The van der Waals surface area contributed by atoms with Crippen molar-refractivity contribution < 1.29 is 28.7 Å². The Balaban J connectivity index is 1.15. The lowest BCUT2D eigenvalue weighted by Gasteiger charge is -2.35. The first-order valence-electron chi connectivity index (χ1n) is 17.6. The number of nitrogens with zero attached hydrogens (tertiary/aromatic N) is 2. The van der Waals surface area contributed by atoms with E-state index < -0.39 is 23.3 Å². The number of amides is 4. The van der Waals surface area contributed by atoms with Gasteiger partial charge in [-0.3, -0.25) is 39.6 Å². The molecule has 2 N–H and O–H groups in total. The normalized spacial score (nSPS) is 19.8. The third-order valence-corrected chi connectivity index (χ3v) is 9.60. The highest BCUT2D eigenvalue weighted by Crippen LogP contribution is 2.31. The van der Waals surface area contributed by atoms with Crippen molar-refractivity contribution in [3.63, 3.8) is 0 Å². The van der Waals surface area contributed by atoms with E-state index in [4.69, 9.17) is 9.47 Å². The Hall–Kier alpha value is -5.00. The number of rotatable bonds is 12. The van der Waals surface area contributed by atoms with Gasteiger partial charge in [0.1, 0.15) is 12.2 Å². The molecule has 4 atom stereocenters. The van der Waals surface area contributed by atoms with Crippen LogP contribution >= 0.6 is 0 Å². The van der Waals surface area contributed by atoms with Gasteiger partial charge in [-0.1, -0.05) is 97.1 Å². The van der Waals surface area contributed by atoms with Gasteiger partial charge in [0.2, 0.25) is 11.8 Å². The van der Waals surface area contributed by atoms with E-state index in [9.17, 15) is 19.2 Å². The molecule has 0 unspecified atom stereocenters. The lowest BCUT2D eigenvalue weighted by Crippen LogP contribution is -2.61. The molecule has 0 bridgehead atoms. The minimum Gasteiger partial charge on any atom is -0.372 e. The fourth-order valence-corrected chi connectivity index (χ4v) is 6.95. The molecule has 0 aliphatic carbocycles. The molecule has 2 saturated heterocycles. The van der Waals surface area contributed by atoms with E-state index in [1.807, 2.05) is 72.8 Å². The molecule has 52 heavy (non-hydrogen) atoms. The molecule has 0 aromatic heterocycles. The second kappa shape index (κ2) is 15.7. The average Bonchev–Trinajstić information content (AvgIpc) is 3.75. The van der Waals surface area contributed by atoms with Gasteiger partial charge in [-0.15, -0.1) is 0 Å². The van der Waals surface area contributed by atoms with Crippen LogP contribution in [0.15, 0.2) is 121 Å². The van der Waals surface area contributed by atoms with Gasteiger partial charge in [-0.05, 0) is 63.1 Å². The van der Waals surface area contributed by atoms with Crippen LogP contribution < -0.4 is 10.6 Å². The van der Waals surface area contributed by atoms with E-state index in [1.165, 1.54) is 9.80 Å². The summed E-state index contributed by atoms with van der Waals surface area (Å²) in [6.07, 6.45) is -0.844. The van der Waals surface area contributed by atoms with Gasteiger partial charge in [0, 0.05) is 11.1 Å². The van der Waals surface area contributed by atoms with Crippen molar-refractivity contribution in [3.05, 3.63) is 144 Å². The third-order valence-electron chi connectivity index (χ3n) is 9.60. The van der Waals surface area contributed by atoms with E-state index in [0.717, 1.165) is 11.1 Å². The van der Waals surface area contributed by atoms with Crippen LogP contribution in [0.3, 0.4) is 0 Å². The smallest absolute Gasteiger partial charge is 0.260 e. The molecule has 4 aromatic carbocycles. The van der Waals surface area contributed by atoms with Crippen LogP contribution in [0.4, 0.5) is 0 Å². The Morgan fingerprint density at radius 2 is 0.846 bits per heavy atom. The molecule has 4 amide bonds. The largest absolute Gasteiger partial charge is 0.372 e. The van der Waals surface area contributed by atoms with Crippen LogP contribution in [0.25, 0.3) is 0 Å². The predicted molar refractivity (Wildman–Crippen MR) is 197 cm³/mol. The molecule has 2 aliphatic heterocycles. The van der Waals surface area contributed by atoms with Crippen LogP contribution in [0, 0.1) is 0 Å². The Bertz CT molecular complexity index is 1720. The summed E-state index contributed by atoms with van der Waals surface area (Å²) in [5.41, 5.74) is 0.176. The Labute approximate surface area is 305 Å². The average molecular weight is 703 g/mol. The zero-order valence-electron chi connectivity index (χ0n) is 30.0. The molecule has 2 aliphatic rings. The fraction of sp³-hybridized carbons (Fsp3) is 0.333. The third kappa shape index (κ3) is 8.21. The summed E-state index contributed by atoms with van der Waals surface area (Å²) in [5, 5.41) is 6.89. The lowest BCUT2D eigenvalue weighted by atomic mass is 9.96. The first-order valence-corrected chi connectivity index (χ1v) is 17.6. The number of hydrogen-bond donors (Lipinski definition) is 2. The number of hydrogen-bond acceptors (Lipinski definition) is 8. The van der Waals surface area contributed by atoms with Crippen molar-refractivity contribution in [1.82, 2.24) is 20.4 Å². The van der Waals surface area contributed by atoms with E-state index in [-0.39, 0.29) is 62.0 Å². The number of carbonyl (C=O) groups is 4. The fourth-order valence-electron chi connectivity index (χ4n) is 6.95. The quantitative estimate of drug-likeness (QED) is 0.212. The van der Waals surface area contributed by atoms with Crippen LogP contribution in [0.5, 0.6) is 0 Å². The molecule has 2 heterocycles. The Kier molecular flexibility index (Phi) is 11.1. The summed E-state index contributed by atoms with van der Waals surface area (Å²) >= 11 is 0. The SMILES string of the molecule is CC(C)(N[C@H]1CO[C@H]2[C@@H]1OC[C@@H]2NC(C)(C)C(=O)N(Cc1ccccc1)C(=O)c1ccccc1)C(=O)N(Cc1ccccc1)C(=O)c1ccccc1. The van der Waals surface area contributed by atoms with E-state index >= 15 is 0 Å². The highest BCUT2D eigenvalue weighted by Gasteiger charge is 2.52. The zero-order chi connectivity index (χ0) is 36.9. The topological polar surface area (TPSA) is 117 Å². The van der Waals surface area contributed by atoms with Gasteiger partial charge in [0.25, 0.3) is 11.8 Å². The van der Waals surface area contributed by atoms with E-state index in [0.29, 0.717) is 11.1 Å². The predicted octanol–water partition coefficient (Wildman–Crippen LogP) is 5.00. The highest BCUT2D eigenvalue weighted by atomic mass is 16.6. The summed E-state index contributed by atoms with van der Waals surface area (Å²) < 4.78 is 12.5. The summed E-state index contributed by atoms with van der Waals surface area (Å²) in [4.78, 5) is 58.5. The monoisotopic (exact) mass is 702 g/mol. The molecule has 2 fully saturated rings. The van der Waals surface area contributed by atoms with Gasteiger partial charge in [0.05, 0.1) is 49.5 Å². The van der Waals surface area contributed by atoms with Gasteiger partial charge in [0.15, 0.2) is 0 Å². The first kappa shape index (κ1) is 36.8. The minimum absolute atomic E-state index is 0.116. The number of benzene rings is 4. The van der Waals surface area contributed by atoms with Crippen molar-refractivity contribution in [3.8, 4) is 0 Å². The molecule has 6 rings (SSSR count). The standard InChI is InChI=1S/C42H46N4O6/c1-41(2,39(49)45(25-29-17-9-5-10-18-29)37(47)31-21-13-7-14-22-31)43-33-27-51-36-34(28-52-35(33)36)44-42(3,4)40(50)46(26-30-19-11-6-12-20-30)38(48)32-23-15-8-16-24-32/h5-24,33-36,43-44H,25-28H2,1-4H3/t33-,34-,35+,36+/m0/s1. The van der Waals surface area contributed by atoms with Crippen molar-refractivity contribution in [2.75, 3.05) is 13.2 Å². The molecular weight excluding hydrogens is 656 g/mol. The molecule has 0 spiro atoms. The Morgan fingerprint density at radius 3 is 1.17 bits per heavy atom. The van der Waals surface area contributed by atoms with Crippen molar-refractivity contribution in [2.45, 2.75) is 76.2 Å². The van der Waals surface area contributed by atoms with E-state index in [2.05, 4.69) is 10.6 Å².